The first-order valence-electron chi connectivity index (χ1n) is 6.45. The molecule has 0 heterocycles. The van der Waals surface area contributed by atoms with Gasteiger partial charge in [-0.1, -0.05) is 13.8 Å². The number of rotatable bonds is 8. The van der Waals surface area contributed by atoms with Crippen LogP contribution in [0, 0.1) is 0 Å². The summed E-state index contributed by atoms with van der Waals surface area (Å²) in [5.41, 5.74) is 6.32. The fourth-order valence-electron chi connectivity index (χ4n) is 1.70. The Morgan fingerprint density at radius 1 is 1.21 bits per heavy atom. The molecule has 0 amide bonds. The average molecular weight is 302 g/mol. The van der Waals surface area contributed by atoms with Crippen LogP contribution in [0.25, 0.3) is 0 Å². The zero-order valence-corrected chi connectivity index (χ0v) is 13.1. The van der Waals surface area contributed by atoms with E-state index in [1.165, 1.54) is 0 Å². The fourth-order valence-corrected chi connectivity index (χ4v) is 4.55. The molecule has 108 valence electrons. The van der Waals surface area contributed by atoms with E-state index in [0.717, 1.165) is 17.0 Å². The monoisotopic (exact) mass is 302 g/mol. The van der Waals surface area contributed by atoms with Gasteiger partial charge in [-0.3, -0.25) is 0 Å². The number of thioether (sulfide) groups is 1. The van der Waals surface area contributed by atoms with Crippen LogP contribution in [-0.4, -0.2) is 37.3 Å². The maximum atomic E-state index is 12.1. The lowest BCUT2D eigenvalue weighted by Crippen LogP contribution is -2.34. The Kier molecular flexibility index (Phi) is 6.68. The maximum Gasteiger partial charge on any atom is 0.214 e. The molecule has 0 fully saturated rings. The second-order valence-electron chi connectivity index (χ2n) is 4.23. The Morgan fingerprint density at radius 2 is 1.84 bits per heavy atom. The molecular weight excluding hydrogens is 280 g/mol. The van der Waals surface area contributed by atoms with Crippen molar-refractivity contribution in [1.82, 2.24) is 4.31 Å². The van der Waals surface area contributed by atoms with E-state index in [1.54, 1.807) is 16.1 Å². The first-order valence-corrected chi connectivity index (χ1v) is 9.05. The molecule has 1 aromatic rings. The number of nitrogens with zero attached hydrogens (tertiary/aromatic N) is 1. The SMILES string of the molecule is CCCN(CC)S(=O)(=O)CCSc1ccc(N)cc1. The Hall–Kier alpha value is -0.720. The molecule has 0 unspecified atom stereocenters. The summed E-state index contributed by atoms with van der Waals surface area (Å²) in [6, 6.07) is 7.48. The van der Waals surface area contributed by atoms with Crippen molar-refractivity contribution in [3.8, 4) is 0 Å². The highest BCUT2D eigenvalue weighted by Gasteiger charge is 2.18. The lowest BCUT2D eigenvalue weighted by molar-refractivity contribution is 0.428. The van der Waals surface area contributed by atoms with Gasteiger partial charge in [-0.05, 0) is 30.7 Å². The largest absolute Gasteiger partial charge is 0.399 e. The van der Waals surface area contributed by atoms with E-state index >= 15 is 0 Å². The molecule has 0 atom stereocenters. The topological polar surface area (TPSA) is 63.4 Å². The molecule has 1 aromatic carbocycles. The number of hydrogen-bond acceptors (Lipinski definition) is 4. The lowest BCUT2D eigenvalue weighted by atomic mass is 10.3. The normalized spacial score (nSPS) is 11.9. The zero-order chi connectivity index (χ0) is 14.3. The van der Waals surface area contributed by atoms with Gasteiger partial charge in [0.15, 0.2) is 0 Å². The highest BCUT2D eigenvalue weighted by Crippen LogP contribution is 2.19. The number of nitrogens with two attached hydrogens (primary N) is 1. The Morgan fingerprint density at radius 3 is 2.37 bits per heavy atom. The first kappa shape index (κ1) is 16.3. The third kappa shape index (κ3) is 5.42. The molecule has 0 bridgehead atoms. The summed E-state index contributed by atoms with van der Waals surface area (Å²) in [6.45, 7) is 5.01. The van der Waals surface area contributed by atoms with Gasteiger partial charge in [0, 0.05) is 29.4 Å². The Labute approximate surface area is 120 Å². The average Bonchev–Trinajstić information content (AvgIpc) is 2.38. The molecule has 0 aliphatic rings. The van der Waals surface area contributed by atoms with E-state index in [2.05, 4.69) is 0 Å². The van der Waals surface area contributed by atoms with Crippen LogP contribution in [0.5, 0.6) is 0 Å². The molecule has 1 rings (SSSR count). The summed E-state index contributed by atoms with van der Waals surface area (Å²) in [5, 5.41) is 0. The minimum atomic E-state index is -3.13. The molecule has 0 aromatic heterocycles. The summed E-state index contributed by atoms with van der Waals surface area (Å²) in [5.74, 6) is 0.738. The van der Waals surface area contributed by atoms with Crippen LogP contribution in [0.2, 0.25) is 0 Å². The smallest absolute Gasteiger partial charge is 0.214 e. The molecule has 0 radical (unpaired) electrons. The predicted molar refractivity (Wildman–Crippen MR) is 82.9 cm³/mol. The quantitative estimate of drug-likeness (QED) is 0.592. The van der Waals surface area contributed by atoms with Gasteiger partial charge in [-0.25, -0.2) is 12.7 Å². The van der Waals surface area contributed by atoms with Gasteiger partial charge in [-0.15, -0.1) is 11.8 Å². The Bertz CT molecular complexity index is 472. The summed E-state index contributed by atoms with van der Waals surface area (Å²) in [7, 11) is -3.13. The molecular formula is C13H22N2O2S2. The summed E-state index contributed by atoms with van der Waals surface area (Å²) in [6.07, 6.45) is 0.845. The number of hydrogen-bond donors (Lipinski definition) is 1. The number of anilines is 1. The zero-order valence-electron chi connectivity index (χ0n) is 11.5. The number of sulfonamides is 1. The van der Waals surface area contributed by atoms with E-state index < -0.39 is 10.0 Å². The highest BCUT2D eigenvalue weighted by atomic mass is 32.2. The lowest BCUT2D eigenvalue weighted by Gasteiger charge is -2.19. The van der Waals surface area contributed by atoms with Gasteiger partial charge in [0.05, 0.1) is 5.75 Å². The van der Waals surface area contributed by atoms with Gasteiger partial charge in [0.2, 0.25) is 10.0 Å². The van der Waals surface area contributed by atoms with Gasteiger partial charge < -0.3 is 5.73 Å². The minimum absolute atomic E-state index is 0.176. The van der Waals surface area contributed by atoms with Crippen LogP contribution in [0.3, 0.4) is 0 Å². The van der Waals surface area contributed by atoms with Gasteiger partial charge >= 0.3 is 0 Å². The van der Waals surface area contributed by atoms with Crippen LogP contribution in [-0.2, 0) is 10.0 Å². The van der Waals surface area contributed by atoms with Crippen molar-refractivity contribution in [2.24, 2.45) is 0 Å². The molecule has 4 nitrogen and oxygen atoms in total. The van der Waals surface area contributed by atoms with E-state index in [0.29, 0.717) is 18.8 Å². The predicted octanol–water partition coefficient (Wildman–Crippen LogP) is 2.42. The van der Waals surface area contributed by atoms with Crippen LogP contribution < -0.4 is 5.73 Å². The summed E-state index contributed by atoms with van der Waals surface area (Å²) in [4.78, 5) is 1.04. The third-order valence-electron chi connectivity index (χ3n) is 2.71. The number of nitrogen functional groups attached to an aromatic ring is 1. The van der Waals surface area contributed by atoms with Crippen molar-refractivity contribution in [1.29, 1.82) is 0 Å². The van der Waals surface area contributed by atoms with Crippen molar-refractivity contribution >= 4 is 27.5 Å². The molecule has 0 aliphatic heterocycles. The van der Waals surface area contributed by atoms with Crippen molar-refractivity contribution in [3.05, 3.63) is 24.3 Å². The summed E-state index contributed by atoms with van der Waals surface area (Å²) >= 11 is 1.54. The van der Waals surface area contributed by atoms with Crippen LogP contribution in [0.15, 0.2) is 29.2 Å². The second-order valence-corrected chi connectivity index (χ2v) is 7.48. The van der Waals surface area contributed by atoms with E-state index in [4.69, 9.17) is 5.73 Å². The number of benzene rings is 1. The van der Waals surface area contributed by atoms with Crippen molar-refractivity contribution in [2.45, 2.75) is 25.2 Å². The van der Waals surface area contributed by atoms with E-state index in [9.17, 15) is 8.42 Å². The van der Waals surface area contributed by atoms with E-state index in [1.807, 2.05) is 38.1 Å². The molecule has 0 aliphatic carbocycles. The van der Waals surface area contributed by atoms with Crippen LogP contribution in [0.4, 0.5) is 5.69 Å². The van der Waals surface area contributed by atoms with Gasteiger partial charge in [-0.2, -0.15) is 0 Å². The van der Waals surface area contributed by atoms with Crippen molar-refractivity contribution < 1.29 is 8.42 Å². The Balaban J connectivity index is 2.49. The van der Waals surface area contributed by atoms with Gasteiger partial charge in [0.25, 0.3) is 0 Å². The fraction of sp³-hybridized carbons (Fsp3) is 0.538. The summed E-state index contributed by atoms with van der Waals surface area (Å²) < 4.78 is 25.7. The molecule has 0 spiro atoms. The van der Waals surface area contributed by atoms with Gasteiger partial charge in [0.1, 0.15) is 0 Å². The molecule has 0 saturated carbocycles. The highest BCUT2D eigenvalue weighted by molar-refractivity contribution is 8.00. The van der Waals surface area contributed by atoms with Crippen LogP contribution in [0.1, 0.15) is 20.3 Å². The van der Waals surface area contributed by atoms with Crippen molar-refractivity contribution in [3.63, 3.8) is 0 Å². The second kappa shape index (κ2) is 7.77. The standard InChI is InChI=1S/C13H22N2O2S2/c1-3-9-15(4-2)19(16,17)11-10-18-13-7-5-12(14)6-8-13/h5-8H,3-4,9-11,14H2,1-2H3. The first-order chi connectivity index (χ1) is 8.99. The van der Waals surface area contributed by atoms with Crippen molar-refractivity contribution in [2.75, 3.05) is 30.3 Å². The molecule has 2 N–H and O–H groups in total. The minimum Gasteiger partial charge on any atom is -0.399 e. The molecule has 6 heteroatoms. The maximum absolute atomic E-state index is 12.1. The third-order valence-corrected chi connectivity index (χ3v) is 5.93. The molecule has 0 saturated heterocycles. The van der Waals surface area contributed by atoms with Crippen LogP contribution >= 0.6 is 11.8 Å². The van der Waals surface area contributed by atoms with E-state index in [-0.39, 0.29) is 5.75 Å². The molecule has 19 heavy (non-hydrogen) atoms.